The topological polar surface area (TPSA) is 104 Å². The summed E-state index contributed by atoms with van der Waals surface area (Å²) in [6.07, 6.45) is 6.01. The zero-order valence-corrected chi connectivity index (χ0v) is 19.4. The number of nitrogens with zero attached hydrogens (tertiary/aromatic N) is 3. The van der Waals surface area contributed by atoms with Crippen LogP contribution in [-0.2, 0) is 24.2 Å². The van der Waals surface area contributed by atoms with Gasteiger partial charge in [-0.15, -0.1) is 10.2 Å². The molecule has 0 radical (unpaired) electrons. The Bertz CT molecular complexity index is 1160. The minimum atomic E-state index is -0.588. The maximum absolute atomic E-state index is 13.2. The number of thioether (sulfide) groups is 2. The lowest BCUT2D eigenvalue weighted by molar-refractivity contribution is -0.126. The van der Waals surface area contributed by atoms with Gasteiger partial charge in [-0.1, -0.05) is 35.7 Å². The summed E-state index contributed by atoms with van der Waals surface area (Å²) in [5.41, 5.74) is 3.21. The number of rotatable bonds is 6. The number of hydrogen-bond donors (Lipinski definition) is 1. The zero-order valence-electron chi connectivity index (χ0n) is 17.8. The van der Waals surface area contributed by atoms with Crippen molar-refractivity contribution in [3.05, 3.63) is 59.0 Å². The zero-order chi connectivity index (χ0) is 22.8. The number of Topliss-reactive ketones (excluding diaryl/α,β-unsaturated/α-hetero) is 1. The molecule has 2 saturated heterocycles. The SMILES string of the molecule is O=C1N/C(=N/N=C2/SC(CC(=O)c3ccc4c(c3)CCCC4)C(=O)N2Cc2ccco2)CS1. The van der Waals surface area contributed by atoms with Gasteiger partial charge < -0.3 is 9.73 Å². The highest BCUT2D eigenvalue weighted by Crippen LogP contribution is 2.32. The van der Waals surface area contributed by atoms with Gasteiger partial charge in [-0.05, 0) is 55.0 Å². The molecule has 1 N–H and O–H groups in total. The third-order valence-corrected chi connectivity index (χ3v) is 7.75. The molecule has 10 heteroatoms. The van der Waals surface area contributed by atoms with E-state index in [2.05, 4.69) is 15.5 Å². The molecule has 1 aliphatic carbocycles. The fourth-order valence-electron chi connectivity index (χ4n) is 4.09. The van der Waals surface area contributed by atoms with Crippen LogP contribution < -0.4 is 5.32 Å². The van der Waals surface area contributed by atoms with Crippen molar-refractivity contribution in [1.82, 2.24) is 10.2 Å². The highest BCUT2D eigenvalue weighted by molar-refractivity contribution is 8.15. The van der Waals surface area contributed by atoms with Gasteiger partial charge in [-0.2, -0.15) is 0 Å². The van der Waals surface area contributed by atoms with E-state index >= 15 is 0 Å². The first-order valence-corrected chi connectivity index (χ1v) is 12.7. The quantitative estimate of drug-likeness (QED) is 0.493. The molecule has 1 unspecified atom stereocenters. The summed E-state index contributed by atoms with van der Waals surface area (Å²) >= 11 is 2.33. The molecule has 0 bridgehead atoms. The molecule has 1 aromatic carbocycles. The monoisotopic (exact) mass is 482 g/mol. The van der Waals surface area contributed by atoms with Gasteiger partial charge in [0.1, 0.15) is 11.6 Å². The average Bonchev–Trinajstić information content (AvgIpc) is 3.55. The van der Waals surface area contributed by atoms with Crippen LogP contribution in [0.25, 0.3) is 0 Å². The Labute approximate surface area is 199 Å². The second-order valence-electron chi connectivity index (χ2n) is 8.06. The summed E-state index contributed by atoms with van der Waals surface area (Å²) in [6.45, 7) is 0.202. The molecule has 0 saturated carbocycles. The van der Waals surface area contributed by atoms with E-state index < -0.39 is 5.25 Å². The highest BCUT2D eigenvalue weighted by Gasteiger charge is 2.40. The van der Waals surface area contributed by atoms with E-state index in [0.29, 0.717) is 28.1 Å². The third-order valence-electron chi connectivity index (χ3n) is 5.80. The molecule has 1 aromatic heterocycles. The van der Waals surface area contributed by atoms with Crippen LogP contribution in [0.1, 0.15) is 46.5 Å². The average molecular weight is 483 g/mol. The van der Waals surface area contributed by atoms with Crippen molar-refractivity contribution < 1.29 is 18.8 Å². The standard InChI is InChI=1S/C23H22N4O4S2/c28-18(16-8-7-14-4-1-2-5-15(14)10-16)11-19-21(29)27(12-17-6-3-9-31-17)22(33-19)26-25-20-13-32-23(30)24-20/h3,6-10,19H,1-2,4-5,11-13H2,(H,24,25,30)/b26-22+. The van der Waals surface area contributed by atoms with Gasteiger partial charge >= 0.3 is 0 Å². The predicted molar refractivity (Wildman–Crippen MR) is 129 cm³/mol. The fourth-order valence-corrected chi connectivity index (χ4v) is 5.77. The molecular weight excluding hydrogens is 460 g/mol. The van der Waals surface area contributed by atoms with Crippen LogP contribution in [0.3, 0.4) is 0 Å². The number of nitrogens with one attached hydrogen (secondary N) is 1. The van der Waals surface area contributed by atoms with Crippen molar-refractivity contribution in [1.29, 1.82) is 0 Å². The number of furan rings is 1. The van der Waals surface area contributed by atoms with Crippen molar-refractivity contribution in [3.8, 4) is 0 Å². The fraction of sp³-hybridized carbons (Fsp3) is 0.348. The molecule has 3 aliphatic rings. The number of amides is 2. The molecule has 1 atom stereocenters. The number of hydrogen-bond acceptors (Lipinski definition) is 8. The lowest BCUT2D eigenvalue weighted by atomic mass is 9.89. The molecule has 2 amide bonds. The van der Waals surface area contributed by atoms with Crippen molar-refractivity contribution in [2.75, 3.05) is 5.75 Å². The minimum absolute atomic E-state index is 0.0563. The molecule has 2 fully saturated rings. The molecular formula is C23H22N4O4S2. The van der Waals surface area contributed by atoms with Crippen LogP contribution in [-0.4, -0.2) is 43.8 Å². The van der Waals surface area contributed by atoms with Gasteiger partial charge in [-0.3, -0.25) is 19.3 Å². The second-order valence-corrected chi connectivity index (χ2v) is 10.2. The van der Waals surface area contributed by atoms with E-state index in [0.717, 1.165) is 31.0 Å². The van der Waals surface area contributed by atoms with Gasteiger partial charge in [0.15, 0.2) is 11.0 Å². The van der Waals surface area contributed by atoms with Gasteiger partial charge in [0.05, 0.1) is 23.8 Å². The number of amidine groups is 2. The largest absolute Gasteiger partial charge is 0.467 e. The van der Waals surface area contributed by atoms with Crippen LogP contribution in [0.4, 0.5) is 4.79 Å². The first-order valence-electron chi connectivity index (χ1n) is 10.8. The van der Waals surface area contributed by atoms with E-state index in [1.54, 1.807) is 18.4 Å². The summed E-state index contributed by atoms with van der Waals surface area (Å²) in [6, 6.07) is 9.44. The molecule has 5 rings (SSSR count). The maximum Gasteiger partial charge on any atom is 0.284 e. The van der Waals surface area contributed by atoms with E-state index in [9.17, 15) is 14.4 Å². The molecule has 2 aromatic rings. The van der Waals surface area contributed by atoms with E-state index in [-0.39, 0.29) is 29.9 Å². The molecule has 33 heavy (non-hydrogen) atoms. The molecule has 0 spiro atoms. The Morgan fingerprint density at radius 3 is 2.76 bits per heavy atom. The molecule has 2 aliphatic heterocycles. The summed E-state index contributed by atoms with van der Waals surface area (Å²) in [4.78, 5) is 39.1. The third kappa shape index (κ3) is 4.91. The Balaban J connectivity index is 1.34. The first-order chi connectivity index (χ1) is 16.1. The number of carbonyl (C=O) groups is 3. The van der Waals surface area contributed by atoms with Crippen molar-refractivity contribution in [2.24, 2.45) is 10.2 Å². The number of carbonyl (C=O) groups excluding carboxylic acids is 3. The lowest BCUT2D eigenvalue weighted by Gasteiger charge is -2.16. The van der Waals surface area contributed by atoms with E-state index in [4.69, 9.17) is 4.42 Å². The Morgan fingerprint density at radius 2 is 2.00 bits per heavy atom. The number of aryl methyl sites for hydroxylation is 2. The predicted octanol–water partition coefficient (Wildman–Crippen LogP) is 4.00. The Kier molecular flexibility index (Phi) is 6.37. The van der Waals surface area contributed by atoms with Crippen LogP contribution in [0.15, 0.2) is 51.2 Å². The minimum Gasteiger partial charge on any atom is -0.467 e. The summed E-state index contributed by atoms with van der Waals surface area (Å²) < 4.78 is 5.40. The second kappa shape index (κ2) is 9.56. The maximum atomic E-state index is 13.2. The summed E-state index contributed by atoms with van der Waals surface area (Å²) in [5.74, 6) is 1.20. The summed E-state index contributed by atoms with van der Waals surface area (Å²) in [5, 5.41) is 10.6. The highest BCUT2D eigenvalue weighted by atomic mass is 32.2. The van der Waals surface area contributed by atoms with Crippen molar-refractivity contribution in [2.45, 2.75) is 43.9 Å². The Morgan fingerprint density at radius 1 is 1.15 bits per heavy atom. The van der Waals surface area contributed by atoms with Gasteiger partial charge in [-0.25, -0.2) is 0 Å². The normalized spacial score (nSPS) is 22.8. The van der Waals surface area contributed by atoms with Gasteiger partial charge in [0.2, 0.25) is 5.91 Å². The van der Waals surface area contributed by atoms with E-state index in [1.165, 1.54) is 34.2 Å². The van der Waals surface area contributed by atoms with Gasteiger partial charge in [0.25, 0.3) is 5.24 Å². The smallest absolute Gasteiger partial charge is 0.284 e. The number of fused-ring (bicyclic) bond motifs is 1. The summed E-state index contributed by atoms with van der Waals surface area (Å²) in [7, 11) is 0. The number of benzene rings is 1. The van der Waals surface area contributed by atoms with Crippen LogP contribution in [0, 0.1) is 0 Å². The molecule has 3 heterocycles. The van der Waals surface area contributed by atoms with E-state index in [1.807, 2.05) is 18.2 Å². The van der Waals surface area contributed by atoms with Crippen LogP contribution >= 0.6 is 23.5 Å². The lowest BCUT2D eigenvalue weighted by Crippen LogP contribution is -2.32. The van der Waals surface area contributed by atoms with Crippen molar-refractivity contribution >= 4 is 51.5 Å². The Hall–Kier alpha value is -2.85. The van der Waals surface area contributed by atoms with Gasteiger partial charge in [0, 0.05) is 12.0 Å². The van der Waals surface area contributed by atoms with Crippen molar-refractivity contribution in [3.63, 3.8) is 0 Å². The molecule has 170 valence electrons. The number of ketones is 1. The van der Waals surface area contributed by atoms with Crippen LogP contribution in [0.2, 0.25) is 0 Å². The first kappa shape index (κ1) is 22.0. The molecule has 8 nitrogen and oxygen atoms in total. The van der Waals surface area contributed by atoms with Crippen LogP contribution in [0.5, 0.6) is 0 Å².